The first-order chi connectivity index (χ1) is 5.72. The van der Waals surface area contributed by atoms with E-state index in [4.69, 9.17) is 0 Å². The molecule has 1 amide bonds. The van der Waals surface area contributed by atoms with Crippen LogP contribution >= 0.6 is 11.3 Å². The number of hydrogen-bond acceptors (Lipinski definition) is 4. The molecule has 1 aromatic rings. The third kappa shape index (κ3) is 2.43. The maximum atomic E-state index is 10.7. The van der Waals surface area contributed by atoms with Crippen LogP contribution in [0.1, 0.15) is 10.0 Å². The lowest BCUT2D eigenvalue weighted by atomic mass is 10.5. The van der Waals surface area contributed by atoms with Gasteiger partial charge in [-0.2, -0.15) is 0 Å². The molecule has 0 unspecified atom stereocenters. The zero-order valence-corrected chi connectivity index (χ0v) is 7.52. The number of rotatable bonds is 3. The van der Waals surface area contributed by atoms with E-state index in [1.807, 2.05) is 6.92 Å². The first-order valence-electron chi connectivity index (χ1n) is 3.41. The summed E-state index contributed by atoms with van der Waals surface area (Å²) in [5.41, 5.74) is 0. The number of amides is 1. The summed E-state index contributed by atoms with van der Waals surface area (Å²) in [4.78, 5) is 10.7. The molecule has 0 aliphatic carbocycles. The van der Waals surface area contributed by atoms with Crippen LogP contribution in [-0.4, -0.2) is 16.1 Å². The van der Waals surface area contributed by atoms with Gasteiger partial charge in [0.05, 0.1) is 6.54 Å². The second kappa shape index (κ2) is 3.96. The summed E-state index contributed by atoms with van der Waals surface area (Å²) >= 11 is 1.47. The number of aromatic nitrogens is 2. The fraction of sp³-hybridized carbons (Fsp3) is 0.286. The molecule has 64 valence electrons. The molecule has 0 saturated heterocycles. The van der Waals surface area contributed by atoms with Gasteiger partial charge in [0.2, 0.25) is 5.91 Å². The van der Waals surface area contributed by atoms with Crippen LogP contribution in [0.3, 0.4) is 0 Å². The van der Waals surface area contributed by atoms with Crippen LogP contribution in [0.15, 0.2) is 12.7 Å². The minimum absolute atomic E-state index is 0.192. The van der Waals surface area contributed by atoms with Gasteiger partial charge in [0.25, 0.3) is 0 Å². The Morgan fingerprint density at radius 2 is 2.50 bits per heavy atom. The normalized spacial score (nSPS) is 9.42. The summed E-state index contributed by atoms with van der Waals surface area (Å²) in [6, 6.07) is 0. The van der Waals surface area contributed by atoms with E-state index in [9.17, 15) is 4.79 Å². The van der Waals surface area contributed by atoms with Crippen molar-refractivity contribution in [1.82, 2.24) is 15.5 Å². The average molecular weight is 183 g/mol. The first kappa shape index (κ1) is 8.86. The molecule has 0 aromatic carbocycles. The number of carbonyl (C=O) groups is 1. The van der Waals surface area contributed by atoms with E-state index in [0.29, 0.717) is 6.54 Å². The largest absolute Gasteiger partial charge is 0.346 e. The van der Waals surface area contributed by atoms with Crippen molar-refractivity contribution in [1.29, 1.82) is 0 Å². The van der Waals surface area contributed by atoms with E-state index in [1.54, 1.807) is 0 Å². The monoisotopic (exact) mass is 183 g/mol. The highest BCUT2D eigenvalue weighted by atomic mass is 32.1. The molecule has 0 radical (unpaired) electrons. The Balaban J connectivity index is 2.43. The molecule has 1 aromatic heterocycles. The molecule has 12 heavy (non-hydrogen) atoms. The van der Waals surface area contributed by atoms with Crippen molar-refractivity contribution in [3.8, 4) is 0 Å². The summed E-state index contributed by atoms with van der Waals surface area (Å²) in [6.45, 7) is 5.63. The Hall–Kier alpha value is -1.23. The zero-order valence-electron chi connectivity index (χ0n) is 6.70. The van der Waals surface area contributed by atoms with E-state index in [-0.39, 0.29) is 5.91 Å². The van der Waals surface area contributed by atoms with Gasteiger partial charge in [0.1, 0.15) is 10.0 Å². The Bertz CT molecular complexity index is 295. The van der Waals surface area contributed by atoms with Crippen molar-refractivity contribution in [2.75, 3.05) is 0 Å². The lowest BCUT2D eigenvalue weighted by Gasteiger charge is -1.95. The molecule has 0 aliphatic heterocycles. The second-order valence-corrected chi connectivity index (χ2v) is 3.40. The van der Waals surface area contributed by atoms with Gasteiger partial charge in [0, 0.05) is 0 Å². The van der Waals surface area contributed by atoms with Crippen LogP contribution in [0.25, 0.3) is 0 Å². The van der Waals surface area contributed by atoms with E-state index in [0.717, 1.165) is 10.0 Å². The van der Waals surface area contributed by atoms with Crippen LogP contribution in [0, 0.1) is 6.92 Å². The Kier molecular flexibility index (Phi) is 2.93. The Morgan fingerprint density at radius 3 is 3.00 bits per heavy atom. The van der Waals surface area contributed by atoms with Gasteiger partial charge in [-0.25, -0.2) is 0 Å². The van der Waals surface area contributed by atoms with Crippen LogP contribution < -0.4 is 5.32 Å². The topological polar surface area (TPSA) is 54.9 Å². The Morgan fingerprint density at radius 1 is 1.75 bits per heavy atom. The number of nitrogens with one attached hydrogen (secondary N) is 1. The molecule has 4 nitrogen and oxygen atoms in total. The fourth-order valence-electron chi connectivity index (χ4n) is 0.644. The zero-order chi connectivity index (χ0) is 8.97. The summed E-state index contributed by atoms with van der Waals surface area (Å²) in [5.74, 6) is -0.192. The van der Waals surface area contributed by atoms with Gasteiger partial charge < -0.3 is 5.32 Å². The Labute approximate surface area is 74.3 Å². The van der Waals surface area contributed by atoms with Crippen molar-refractivity contribution in [3.05, 3.63) is 22.7 Å². The van der Waals surface area contributed by atoms with Crippen LogP contribution in [-0.2, 0) is 11.3 Å². The SMILES string of the molecule is C=CC(=O)NCc1nnc(C)s1. The number of carbonyl (C=O) groups excluding carboxylic acids is 1. The van der Waals surface area contributed by atoms with Crippen molar-refractivity contribution in [3.63, 3.8) is 0 Å². The van der Waals surface area contributed by atoms with Gasteiger partial charge in [-0.15, -0.1) is 10.2 Å². The lowest BCUT2D eigenvalue weighted by Crippen LogP contribution is -2.19. The molecule has 1 rings (SSSR count). The molecule has 1 heterocycles. The van der Waals surface area contributed by atoms with Crippen LogP contribution in [0.4, 0.5) is 0 Å². The summed E-state index contributed by atoms with van der Waals surface area (Å²) in [7, 11) is 0. The van der Waals surface area contributed by atoms with Gasteiger partial charge in [0.15, 0.2) is 0 Å². The smallest absolute Gasteiger partial charge is 0.243 e. The van der Waals surface area contributed by atoms with Crippen LogP contribution in [0.2, 0.25) is 0 Å². The molecule has 0 aliphatic rings. The minimum Gasteiger partial charge on any atom is -0.346 e. The van der Waals surface area contributed by atoms with E-state index >= 15 is 0 Å². The van der Waals surface area contributed by atoms with Gasteiger partial charge in [-0.1, -0.05) is 17.9 Å². The van der Waals surface area contributed by atoms with Gasteiger partial charge in [-0.05, 0) is 13.0 Å². The number of nitrogens with zero attached hydrogens (tertiary/aromatic N) is 2. The summed E-state index contributed by atoms with van der Waals surface area (Å²) in [6.07, 6.45) is 1.23. The molecule has 0 spiro atoms. The second-order valence-electron chi connectivity index (χ2n) is 2.14. The highest BCUT2D eigenvalue weighted by molar-refractivity contribution is 7.11. The van der Waals surface area contributed by atoms with Crippen LogP contribution in [0.5, 0.6) is 0 Å². The quantitative estimate of drug-likeness (QED) is 0.700. The van der Waals surface area contributed by atoms with E-state index < -0.39 is 0 Å². The molecule has 1 N–H and O–H groups in total. The van der Waals surface area contributed by atoms with E-state index in [2.05, 4.69) is 22.1 Å². The standard InChI is InChI=1S/C7H9N3OS/c1-3-6(11)8-4-7-10-9-5(2)12-7/h3H,1,4H2,2H3,(H,8,11). The third-order valence-electron chi connectivity index (χ3n) is 1.17. The van der Waals surface area contributed by atoms with Gasteiger partial charge >= 0.3 is 0 Å². The molecule has 5 heteroatoms. The maximum Gasteiger partial charge on any atom is 0.243 e. The van der Waals surface area contributed by atoms with E-state index in [1.165, 1.54) is 17.4 Å². The lowest BCUT2D eigenvalue weighted by molar-refractivity contribution is -0.116. The fourth-order valence-corrected chi connectivity index (χ4v) is 1.29. The molecule has 0 bridgehead atoms. The molecule has 0 atom stereocenters. The molecular formula is C7H9N3OS. The molecule has 0 fully saturated rings. The molecule has 0 saturated carbocycles. The van der Waals surface area contributed by atoms with Crippen molar-refractivity contribution in [2.45, 2.75) is 13.5 Å². The number of aryl methyl sites for hydroxylation is 1. The highest BCUT2D eigenvalue weighted by Crippen LogP contribution is 2.06. The summed E-state index contributed by atoms with van der Waals surface area (Å²) < 4.78 is 0. The van der Waals surface area contributed by atoms with Crippen molar-refractivity contribution in [2.24, 2.45) is 0 Å². The average Bonchev–Trinajstić information content (AvgIpc) is 2.47. The predicted molar refractivity (Wildman–Crippen MR) is 46.7 cm³/mol. The molecular weight excluding hydrogens is 174 g/mol. The van der Waals surface area contributed by atoms with Crippen molar-refractivity contribution >= 4 is 17.2 Å². The minimum atomic E-state index is -0.192. The first-order valence-corrected chi connectivity index (χ1v) is 4.23. The highest BCUT2D eigenvalue weighted by Gasteiger charge is 2.00. The third-order valence-corrected chi connectivity index (χ3v) is 2.01. The summed E-state index contributed by atoms with van der Waals surface area (Å²) in [5, 5.41) is 12.0. The van der Waals surface area contributed by atoms with Crippen molar-refractivity contribution < 1.29 is 4.79 Å². The maximum absolute atomic E-state index is 10.7. The predicted octanol–water partition coefficient (Wildman–Crippen LogP) is 0.649. The van der Waals surface area contributed by atoms with Gasteiger partial charge in [-0.3, -0.25) is 4.79 Å². The number of hydrogen-bond donors (Lipinski definition) is 1.